The third-order valence-electron chi connectivity index (χ3n) is 3.37. The van der Waals surface area contributed by atoms with Crippen LogP contribution in [0.5, 0.6) is 0 Å². The van der Waals surface area contributed by atoms with Crippen LogP contribution < -0.4 is 4.72 Å². The molecule has 0 atom stereocenters. The summed E-state index contributed by atoms with van der Waals surface area (Å²) in [5.74, 6) is -0.145. The molecule has 0 saturated carbocycles. The highest BCUT2D eigenvalue weighted by Gasteiger charge is 2.17. The quantitative estimate of drug-likeness (QED) is 0.691. The van der Waals surface area contributed by atoms with Gasteiger partial charge >= 0.3 is 5.97 Å². The lowest BCUT2D eigenvalue weighted by Crippen LogP contribution is -2.24. The van der Waals surface area contributed by atoms with Gasteiger partial charge in [-0.15, -0.1) is 10.2 Å². The van der Waals surface area contributed by atoms with Gasteiger partial charge in [0.2, 0.25) is 10.0 Å². The molecule has 2 aromatic heterocycles. The minimum atomic E-state index is -3.81. The Balaban J connectivity index is 1.83. The summed E-state index contributed by atoms with van der Waals surface area (Å²) in [6.07, 6.45) is 1.75. The number of methoxy groups -OCH3 is 1. The molecule has 0 aliphatic rings. The van der Waals surface area contributed by atoms with Crippen molar-refractivity contribution in [2.24, 2.45) is 0 Å². The van der Waals surface area contributed by atoms with Crippen LogP contribution in [0, 0.1) is 0 Å². The Morgan fingerprint density at radius 1 is 1.21 bits per heavy atom. The Labute approximate surface area is 138 Å². The van der Waals surface area contributed by atoms with Gasteiger partial charge in [-0.1, -0.05) is 12.1 Å². The molecule has 0 radical (unpaired) electrons. The Bertz CT molecular complexity index is 997. The van der Waals surface area contributed by atoms with Gasteiger partial charge in [0, 0.05) is 6.20 Å². The first-order chi connectivity index (χ1) is 11.5. The molecular formula is C15H14N4O4S. The number of hydrogen-bond acceptors (Lipinski definition) is 6. The number of hydrogen-bond donors (Lipinski definition) is 1. The van der Waals surface area contributed by atoms with E-state index in [0.29, 0.717) is 11.5 Å². The largest absolute Gasteiger partial charge is 0.465 e. The number of ether oxygens (including phenoxy) is 1. The van der Waals surface area contributed by atoms with Crippen molar-refractivity contribution < 1.29 is 17.9 Å². The smallest absolute Gasteiger partial charge is 0.337 e. The summed E-state index contributed by atoms with van der Waals surface area (Å²) in [5.41, 5.74) is 0.785. The maximum Gasteiger partial charge on any atom is 0.337 e. The zero-order chi connectivity index (χ0) is 17.2. The normalized spacial score (nSPS) is 11.5. The molecule has 1 aromatic carbocycles. The summed E-state index contributed by atoms with van der Waals surface area (Å²) < 4.78 is 33.5. The first kappa shape index (κ1) is 16.1. The fourth-order valence-corrected chi connectivity index (χ4v) is 3.19. The first-order valence-corrected chi connectivity index (χ1v) is 8.46. The average molecular weight is 346 g/mol. The first-order valence-electron chi connectivity index (χ1n) is 6.98. The van der Waals surface area contributed by atoms with Crippen LogP contribution in [-0.4, -0.2) is 36.1 Å². The van der Waals surface area contributed by atoms with Crippen molar-refractivity contribution in [3.8, 4) is 0 Å². The highest BCUT2D eigenvalue weighted by Crippen LogP contribution is 2.13. The van der Waals surface area contributed by atoms with Crippen molar-refractivity contribution in [1.82, 2.24) is 19.3 Å². The third kappa shape index (κ3) is 3.12. The SMILES string of the molecule is COC(=O)c1cccc(S(=O)(=O)NCc2nnc3ccccn23)c1. The van der Waals surface area contributed by atoms with Gasteiger partial charge < -0.3 is 4.74 Å². The Hall–Kier alpha value is -2.78. The standard InChI is InChI=1S/C15H14N4O4S/c1-23-15(20)11-5-4-6-12(9-11)24(21,22)16-10-14-18-17-13-7-2-3-8-19(13)14/h2-9,16H,10H2,1H3. The maximum absolute atomic E-state index is 12.4. The molecule has 1 N–H and O–H groups in total. The fourth-order valence-electron chi connectivity index (χ4n) is 2.16. The summed E-state index contributed by atoms with van der Waals surface area (Å²) in [5, 5.41) is 7.92. The number of carbonyl (C=O) groups is 1. The van der Waals surface area contributed by atoms with Crippen molar-refractivity contribution in [2.75, 3.05) is 7.11 Å². The maximum atomic E-state index is 12.4. The molecule has 9 heteroatoms. The molecule has 0 spiro atoms. The van der Waals surface area contributed by atoms with Gasteiger partial charge in [-0.2, -0.15) is 0 Å². The van der Waals surface area contributed by atoms with Crippen molar-refractivity contribution in [2.45, 2.75) is 11.4 Å². The van der Waals surface area contributed by atoms with Gasteiger partial charge in [-0.25, -0.2) is 17.9 Å². The van der Waals surface area contributed by atoms with E-state index in [-0.39, 0.29) is 17.0 Å². The second-order valence-corrected chi connectivity index (χ2v) is 6.66. The highest BCUT2D eigenvalue weighted by molar-refractivity contribution is 7.89. The number of esters is 1. The zero-order valence-electron chi connectivity index (χ0n) is 12.7. The monoisotopic (exact) mass is 346 g/mol. The van der Waals surface area contributed by atoms with Gasteiger partial charge in [0.25, 0.3) is 0 Å². The minimum Gasteiger partial charge on any atom is -0.465 e. The van der Waals surface area contributed by atoms with Crippen molar-refractivity contribution in [1.29, 1.82) is 0 Å². The topological polar surface area (TPSA) is 103 Å². The number of nitrogens with zero attached hydrogens (tertiary/aromatic N) is 3. The predicted octanol–water partition coefficient (Wildman–Crippen LogP) is 0.994. The molecule has 0 fully saturated rings. The van der Waals surface area contributed by atoms with Crippen LogP contribution in [0.25, 0.3) is 5.65 Å². The van der Waals surface area contributed by atoms with Gasteiger partial charge in [0.05, 0.1) is 24.1 Å². The third-order valence-corrected chi connectivity index (χ3v) is 4.77. The predicted molar refractivity (Wildman–Crippen MR) is 84.8 cm³/mol. The Morgan fingerprint density at radius 3 is 2.83 bits per heavy atom. The molecule has 0 aliphatic carbocycles. The molecule has 8 nitrogen and oxygen atoms in total. The summed E-state index contributed by atoms with van der Waals surface area (Å²) in [6, 6.07) is 11.0. The van der Waals surface area contributed by atoms with Crippen LogP contribution in [0.1, 0.15) is 16.2 Å². The second kappa shape index (κ2) is 6.38. The molecule has 0 saturated heterocycles. The molecule has 24 heavy (non-hydrogen) atoms. The van der Waals surface area contributed by atoms with E-state index in [1.54, 1.807) is 22.7 Å². The highest BCUT2D eigenvalue weighted by atomic mass is 32.2. The number of pyridine rings is 1. The number of carbonyl (C=O) groups excluding carboxylic acids is 1. The minimum absolute atomic E-state index is 0.0285. The van der Waals surface area contributed by atoms with Crippen LogP contribution in [0.4, 0.5) is 0 Å². The summed E-state index contributed by atoms with van der Waals surface area (Å²) in [6.45, 7) is -0.0318. The van der Waals surface area contributed by atoms with E-state index in [2.05, 4.69) is 19.7 Å². The molecule has 0 bridgehead atoms. The number of nitrogens with one attached hydrogen (secondary N) is 1. The van der Waals surface area contributed by atoms with E-state index in [4.69, 9.17) is 0 Å². The average Bonchev–Trinajstić information content (AvgIpc) is 3.03. The van der Waals surface area contributed by atoms with Gasteiger partial charge in [0.15, 0.2) is 11.5 Å². The summed E-state index contributed by atoms with van der Waals surface area (Å²) in [4.78, 5) is 11.5. The molecule has 0 unspecified atom stereocenters. The van der Waals surface area contributed by atoms with E-state index in [1.165, 1.54) is 31.4 Å². The van der Waals surface area contributed by atoms with E-state index in [0.717, 1.165) is 0 Å². The Morgan fingerprint density at radius 2 is 2.04 bits per heavy atom. The van der Waals surface area contributed by atoms with Crippen LogP contribution in [0.15, 0.2) is 53.6 Å². The molecule has 0 aliphatic heterocycles. The van der Waals surface area contributed by atoms with Gasteiger partial charge in [-0.05, 0) is 30.3 Å². The number of fused-ring (bicyclic) bond motifs is 1. The van der Waals surface area contributed by atoms with E-state index in [9.17, 15) is 13.2 Å². The lowest BCUT2D eigenvalue weighted by molar-refractivity contribution is 0.0600. The molecular weight excluding hydrogens is 332 g/mol. The van der Waals surface area contributed by atoms with Crippen molar-refractivity contribution >= 4 is 21.6 Å². The second-order valence-electron chi connectivity index (χ2n) is 4.89. The lowest BCUT2D eigenvalue weighted by atomic mass is 10.2. The fraction of sp³-hybridized carbons (Fsp3) is 0.133. The number of aromatic nitrogens is 3. The van der Waals surface area contributed by atoms with Gasteiger partial charge in [0.1, 0.15) is 0 Å². The number of sulfonamides is 1. The van der Waals surface area contributed by atoms with Crippen LogP contribution in [0.2, 0.25) is 0 Å². The van der Waals surface area contributed by atoms with Gasteiger partial charge in [-0.3, -0.25) is 4.40 Å². The van der Waals surface area contributed by atoms with Crippen LogP contribution in [0.3, 0.4) is 0 Å². The van der Waals surface area contributed by atoms with Crippen molar-refractivity contribution in [3.05, 3.63) is 60.0 Å². The van der Waals surface area contributed by atoms with E-state index in [1.807, 2.05) is 6.07 Å². The molecule has 3 aromatic rings. The molecule has 2 heterocycles. The van der Waals surface area contributed by atoms with E-state index >= 15 is 0 Å². The molecule has 3 rings (SSSR count). The Kier molecular flexibility index (Phi) is 4.28. The van der Waals surface area contributed by atoms with Crippen LogP contribution >= 0.6 is 0 Å². The van der Waals surface area contributed by atoms with Crippen LogP contribution in [-0.2, 0) is 21.3 Å². The molecule has 0 amide bonds. The molecule has 124 valence electrons. The zero-order valence-corrected chi connectivity index (χ0v) is 13.5. The lowest BCUT2D eigenvalue weighted by Gasteiger charge is -2.07. The number of rotatable bonds is 5. The summed E-state index contributed by atoms with van der Waals surface area (Å²) >= 11 is 0. The van der Waals surface area contributed by atoms with Crippen molar-refractivity contribution in [3.63, 3.8) is 0 Å². The summed E-state index contributed by atoms with van der Waals surface area (Å²) in [7, 11) is -2.57. The number of benzene rings is 1. The van der Waals surface area contributed by atoms with E-state index < -0.39 is 16.0 Å².